The van der Waals surface area contributed by atoms with Crippen molar-refractivity contribution in [2.75, 3.05) is 18.1 Å². The molecule has 0 saturated heterocycles. The number of aliphatic hydroxyl groups excluding tert-OH is 1. The summed E-state index contributed by atoms with van der Waals surface area (Å²) < 4.78 is 0. The van der Waals surface area contributed by atoms with Gasteiger partial charge >= 0.3 is 0 Å². The number of aromatic nitrogens is 1. The molecule has 4 heteroatoms. The molecule has 3 rings (SSSR count). The third-order valence-corrected chi connectivity index (χ3v) is 4.41. The Morgan fingerprint density at radius 3 is 2.71 bits per heavy atom. The lowest BCUT2D eigenvalue weighted by Crippen LogP contribution is -2.40. The van der Waals surface area contributed by atoms with E-state index in [9.17, 15) is 9.90 Å². The minimum absolute atomic E-state index is 0.0538. The van der Waals surface area contributed by atoms with Crippen LogP contribution in [0.2, 0.25) is 0 Å². The van der Waals surface area contributed by atoms with Crippen LogP contribution in [0.25, 0.3) is 10.8 Å². The number of hydrogen-bond acceptors (Lipinski definition) is 3. The van der Waals surface area contributed by atoms with E-state index in [2.05, 4.69) is 9.88 Å². The number of anilines is 1. The quantitative estimate of drug-likeness (QED) is 0.908. The minimum Gasteiger partial charge on any atom is -0.395 e. The van der Waals surface area contributed by atoms with E-state index < -0.39 is 0 Å². The van der Waals surface area contributed by atoms with E-state index in [1.54, 1.807) is 0 Å². The van der Waals surface area contributed by atoms with Gasteiger partial charge in [-0.1, -0.05) is 37.5 Å². The summed E-state index contributed by atoms with van der Waals surface area (Å²) in [5, 5.41) is 11.0. The molecule has 0 unspecified atom stereocenters. The zero-order valence-electron chi connectivity index (χ0n) is 12.2. The van der Waals surface area contributed by atoms with Gasteiger partial charge < -0.3 is 15.0 Å². The van der Waals surface area contributed by atoms with Crippen LogP contribution < -0.4 is 10.5 Å². The van der Waals surface area contributed by atoms with Gasteiger partial charge in [0.25, 0.3) is 5.56 Å². The second-order valence-corrected chi connectivity index (χ2v) is 5.78. The van der Waals surface area contributed by atoms with Crippen LogP contribution in [0.3, 0.4) is 0 Å². The van der Waals surface area contributed by atoms with Crippen LogP contribution in [-0.2, 0) is 0 Å². The number of benzene rings is 1. The second-order valence-electron chi connectivity index (χ2n) is 5.78. The minimum atomic E-state index is -0.0538. The molecule has 2 aromatic rings. The number of fused-ring (bicyclic) bond motifs is 1. The van der Waals surface area contributed by atoms with Gasteiger partial charge in [-0.05, 0) is 30.4 Å². The van der Waals surface area contributed by atoms with Gasteiger partial charge in [0.1, 0.15) is 5.82 Å². The van der Waals surface area contributed by atoms with Gasteiger partial charge in [0.05, 0.1) is 6.61 Å². The molecule has 1 aliphatic carbocycles. The van der Waals surface area contributed by atoms with Crippen molar-refractivity contribution in [3.63, 3.8) is 0 Å². The maximum absolute atomic E-state index is 12.2. The van der Waals surface area contributed by atoms with Gasteiger partial charge in [0.15, 0.2) is 0 Å². The molecule has 1 fully saturated rings. The molecule has 1 heterocycles. The van der Waals surface area contributed by atoms with Gasteiger partial charge in [0.2, 0.25) is 0 Å². The van der Waals surface area contributed by atoms with Crippen molar-refractivity contribution in [3.05, 3.63) is 40.7 Å². The average Bonchev–Trinajstić information content (AvgIpc) is 2.53. The average molecular weight is 286 g/mol. The van der Waals surface area contributed by atoms with E-state index in [0.717, 1.165) is 24.0 Å². The van der Waals surface area contributed by atoms with E-state index in [1.165, 1.54) is 19.3 Å². The number of nitrogens with one attached hydrogen (secondary N) is 1. The van der Waals surface area contributed by atoms with E-state index in [0.29, 0.717) is 18.0 Å². The summed E-state index contributed by atoms with van der Waals surface area (Å²) in [6.07, 6.45) is 6.01. The summed E-state index contributed by atoms with van der Waals surface area (Å²) in [4.78, 5) is 17.4. The van der Waals surface area contributed by atoms with Crippen LogP contribution >= 0.6 is 0 Å². The number of hydrogen-bond donors (Lipinski definition) is 2. The van der Waals surface area contributed by atoms with Gasteiger partial charge in [-0.3, -0.25) is 4.79 Å². The Morgan fingerprint density at radius 1 is 1.19 bits per heavy atom. The van der Waals surface area contributed by atoms with Crippen LogP contribution in [0.4, 0.5) is 5.82 Å². The Balaban J connectivity index is 2.00. The van der Waals surface area contributed by atoms with Gasteiger partial charge in [-0.25, -0.2) is 0 Å². The highest BCUT2D eigenvalue weighted by molar-refractivity contribution is 5.83. The van der Waals surface area contributed by atoms with E-state index >= 15 is 0 Å². The van der Waals surface area contributed by atoms with Crippen LogP contribution in [0.1, 0.15) is 32.1 Å². The van der Waals surface area contributed by atoms with E-state index in [4.69, 9.17) is 0 Å². The summed E-state index contributed by atoms with van der Waals surface area (Å²) in [6, 6.07) is 10.1. The molecule has 0 amide bonds. The molecule has 1 aliphatic rings. The van der Waals surface area contributed by atoms with Crippen LogP contribution in [0.5, 0.6) is 0 Å². The standard InChI is InChI=1S/C17H22N2O2/c20-11-10-19(14-7-2-1-3-8-14)16-12-13-6-4-5-9-15(13)17(21)18-16/h4-6,9,12,14,20H,1-3,7-8,10-11H2,(H,18,21). The zero-order chi connectivity index (χ0) is 14.7. The highest BCUT2D eigenvalue weighted by atomic mass is 16.3. The fourth-order valence-electron chi connectivity index (χ4n) is 3.35. The first-order valence-corrected chi connectivity index (χ1v) is 7.79. The molecule has 2 N–H and O–H groups in total. The molecule has 0 bridgehead atoms. The smallest absolute Gasteiger partial charge is 0.257 e. The SMILES string of the molecule is O=c1[nH]c(N(CCO)C2CCCCC2)cc2ccccc12. The van der Waals surface area contributed by atoms with Crippen molar-refractivity contribution in [1.82, 2.24) is 4.98 Å². The Labute approximate surface area is 124 Å². The topological polar surface area (TPSA) is 56.3 Å². The lowest BCUT2D eigenvalue weighted by Gasteiger charge is -2.35. The highest BCUT2D eigenvalue weighted by Gasteiger charge is 2.22. The van der Waals surface area contributed by atoms with E-state index in [1.807, 2.05) is 30.3 Å². The Kier molecular flexibility index (Phi) is 4.25. The normalized spacial score (nSPS) is 16.2. The zero-order valence-corrected chi connectivity index (χ0v) is 12.2. The number of nitrogens with zero attached hydrogens (tertiary/aromatic N) is 1. The number of pyridine rings is 1. The number of aromatic amines is 1. The summed E-state index contributed by atoms with van der Waals surface area (Å²) >= 11 is 0. The highest BCUT2D eigenvalue weighted by Crippen LogP contribution is 2.26. The molecule has 4 nitrogen and oxygen atoms in total. The van der Waals surface area contributed by atoms with E-state index in [-0.39, 0.29) is 12.2 Å². The van der Waals surface area contributed by atoms with Gasteiger partial charge in [-0.15, -0.1) is 0 Å². The molecule has 0 aliphatic heterocycles. The first-order chi connectivity index (χ1) is 10.3. The molecule has 1 aromatic carbocycles. The fourth-order valence-corrected chi connectivity index (χ4v) is 3.35. The fraction of sp³-hybridized carbons (Fsp3) is 0.471. The predicted molar refractivity (Wildman–Crippen MR) is 85.9 cm³/mol. The molecule has 1 saturated carbocycles. The third kappa shape index (κ3) is 2.95. The van der Waals surface area contributed by atoms with Crippen molar-refractivity contribution in [3.8, 4) is 0 Å². The number of H-pyrrole nitrogens is 1. The largest absolute Gasteiger partial charge is 0.395 e. The Bertz CT molecular complexity index is 659. The molecular formula is C17H22N2O2. The molecule has 112 valence electrons. The summed E-state index contributed by atoms with van der Waals surface area (Å²) in [6.45, 7) is 0.671. The first-order valence-electron chi connectivity index (χ1n) is 7.79. The lowest BCUT2D eigenvalue weighted by molar-refractivity contribution is 0.289. The van der Waals surface area contributed by atoms with Gasteiger partial charge in [-0.2, -0.15) is 0 Å². The third-order valence-electron chi connectivity index (χ3n) is 4.41. The van der Waals surface area contributed by atoms with Crippen molar-refractivity contribution >= 4 is 16.6 Å². The van der Waals surface area contributed by atoms with Crippen molar-refractivity contribution in [2.45, 2.75) is 38.1 Å². The monoisotopic (exact) mass is 286 g/mol. The number of rotatable bonds is 4. The maximum Gasteiger partial charge on any atom is 0.257 e. The van der Waals surface area contributed by atoms with Crippen molar-refractivity contribution < 1.29 is 5.11 Å². The Hall–Kier alpha value is -1.81. The number of aliphatic hydroxyl groups is 1. The van der Waals surface area contributed by atoms with Crippen LogP contribution in [0, 0.1) is 0 Å². The van der Waals surface area contributed by atoms with Crippen LogP contribution in [-0.4, -0.2) is 29.3 Å². The maximum atomic E-state index is 12.2. The summed E-state index contributed by atoms with van der Waals surface area (Å²) in [7, 11) is 0. The van der Waals surface area contributed by atoms with Crippen LogP contribution in [0.15, 0.2) is 35.1 Å². The van der Waals surface area contributed by atoms with Gasteiger partial charge in [0, 0.05) is 18.0 Å². The molecule has 1 aromatic heterocycles. The first kappa shape index (κ1) is 14.1. The molecular weight excluding hydrogens is 264 g/mol. The molecule has 0 atom stereocenters. The Morgan fingerprint density at radius 2 is 1.95 bits per heavy atom. The lowest BCUT2D eigenvalue weighted by atomic mass is 9.94. The van der Waals surface area contributed by atoms with Crippen molar-refractivity contribution in [1.29, 1.82) is 0 Å². The summed E-state index contributed by atoms with van der Waals surface area (Å²) in [5.74, 6) is 0.833. The molecule has 0 spiro atoms. The predicted octanol–water partition coefficient (Wildman–Crippen LogP) is 2.66. The summed E-state index contributed by atoms with van der Waals surface area (Å²) in [5.41, 5.74) is -0.0538. The molecule has 21 heavy (non-hydrogen) atoms. The second kappa shape index (κ2) is 6.31. The van der Waals surface area contributed by atoms with Crippen molar-refractivity contribution in [2.24, 2.45) is 0 Å². The molecule has 0 radical (unpaired) electrons.